The fourth-order valence-electron chi connectivity index (χ4n) is 2.63. The molecule has 2 aromatic rings. The van der Waals surface area contributed by atoms with Crippen LogP contribution >= 0.6 is 0 Å². The minimum absolute atomic E-state index is 0.0293. The number of nitrogens with one attached hydrogen (secondary N) is 3. The highest BCUT2D eigenvalue weighted by atomic mass is 16.2. The van der Waals surface area contributed by atoms with E-state index in [1.807, 2.05) is 44.2 Å². The first-order valence-corrected chi connectivity index (χ1v) is 9.62. The predicted octanol–water partition coefficient (Wildman–Crippen LogP) is 1.70. The summed E-state index contributed by atoms with van der Waals surface area (Å²) in [5.41, 5.74) is 7.63. The van der Waals surface area contributed by atoms with Gasteiger partial charge in [-0.05, 0) is 30.0 Å². The van der Waals surface area contributed by atoms with Crippen molar-refractivity contribution in [2.24, 2.45) is 11.7 Å². The lowest BCUT2D eigenvalue weighted by atomic mass is 10.1. The molecule has 0 heterocycles. The van der Waals surface area contributed by atoms with Crippen molar-refractivity contribution in [2.75, 3.05) is 18.4 Å². The summed E-state index contributed by atoms with van der Waals surface area (Å²) in [6.45, 7) is 3.92. The summed E-state index contributed by atoms with van der Waals surface area (Å²) < 4.78 is 0. The summed E-state index contributed by atoms with van der Waals surface area (Å²) in [5, 5.41) is 8.04. The molecule has 5 N–H and O–H groups in total. The van der Waals surface area contributed by atoms with E-state index in [1.165, 1.54) is 0 Å². The van der Waals surface area contributed by atoms with E-state index < -0.39 is 11.9 Å². The van der Waals surface area contributed by atoms with Gasteiger partial charge in [0.05, 0.1) is 23.8 Å². The van der Waals surface area contributed by atoms with Crippen LogP contribution in [0.5, 0.6) is 0 Å². The van der Waals surface area contributed by atoms with Crippen molar-refractivity contribution in [1.29, 1.82) is 0 Å². The molecular weight excluding hydrogens is 368 g/mol. The van der Waals surface area contributed by atoms with Gasteiger partial charge in [-0.3, -0.25) is 14.4 Å². The Balaban J connectivity index is 1.89. The Kier molecular flexibility index (Phi) is 8.36. The van der Waals surface area contributed by atoms with Gasteiger partial charge >= 0.3 is 0 Å². The molecular formula is C22H28N4O3. The van der Waals surface area contributed by atoms with Crippen LogP contribution < -0.4 is 21.7 Å². The average Bonchev–Trinajstić information content (AvgIpc) is 2.72. The number of para-hydroxylation sites is 1. The van der Waals surface area contributed by atoms with E-state index in [0.717, 1.165) is 5.56 Å². The molecule has 0 fully saturated rings. The van der Waals surface area contributed by atoms with Gasteiger partial charge in [-0.25, -0.2) is 0 Å². The molecule has 2 aromatic carbocycles. The fourth-order valence-corrected chi connectivity index (χ4v) is 2.63. The Morgan fingerprint density at radius 2 is 1.59 bits per heavy atom. The third-order valence-corrected chi connectivity index (χ3v) is 4.43. The number of amides is 3. The molecule has 0 aromatic heterocycles. The van der Waals surface area contributed by atoms with Gasteiger partial charge < -0.3 is 21.7 Å². The third kappa shape index (κ3) is 7.04. The van der Waals surface area contributed by atoms with Crippen LogP contribution in [-0.2, 0) is 16.0 Å². The summed E-state index contributed by atoms with van der Waals surface area (Å²) in [6, 6.07) is 15.9. The molecule has 0 aliphatic carbocycles. The second-order valence-corrected chi connectivity index (χ2v) is 7.07. The summed E-state index contributed by atoms with van der Waals surface area (Å²) >= 11 is 0. The first-order valence-electron chi connectivity index (χ1n) is 9.62. The van der Waals surface area contributed by atoms with Crippen LogP contribution in [0.3, 0.4) is 0 Å². The lowest BCUT2D eigenvalue weighted by Crippen LogP contribution is -2.46. The van der Waals surface area contributed by atoms with Crippen LogP contribution in [-0.4, -0.2) is 36.9 Å². The van der Waals surface area contributed by atoms with E-state index in [9.17, 15) is 14.4 Å². The van der Waals surface area contributed by atoms with Crippen LogP contribution in [0.15, 0.2) is 54.6 Å². The lowest BCUT2D eigenvalue weighted by Gasteiger charge is -2.15. The molecule has 7 nitrogen and oxygen atoms in total. The molecule has 3 amide bonds. The maximum absolute atomic E-state index is 12.5. The first-order chi connectivity index (χ1) is 13.9. The van der Waals surface area contributed by atoms with Crippen LogP contribution in [0.2, 0.25) is 0 Å². The lowest BCUT2D eigenvalue weighted by molar-refractivity contribution is -0.125. The van der Waals surface area contributed by atoms with Crippen molar-refractivity contribution in [3.05, 3.63) is 65.7 Å². The zero-order valence-electron chi connectivity index (χ0n) is 16.8. The number of anilines is 1. The maximum atomic E-state index is 12.5. The zero-order chi connectivity index (χ0) is 21.2. The monoisotopic (exact) mass is 396 g/mol. The highest BCUT2D eigenvalue weighted by Crippen LogP contribution is 2.14. The molecule has 0 saturated carbocycles. The van der Waals surface area contributed by atoms with Crippen LogP contribution in [0.1, 0.15) is 29.8 Å². The van der Waals surface area contributed by atoms with Crippen molar-refractivity contribution >= 4 is 23.4 Å². The Morgan fingerprint density at radius 3 is 2.28 bits per heavy atom. The molecule has 7 heteroatoms. The maximum Gasteiger partial charge on any atom is 0.253 e. The second kappa shape index (κ2) is 11.0. The van der Waals surface area contributed by atoms with E-state index in [1.54, 1.807) is 24.3 Å². The molecule has 29 heavy (non-hydrogen) atoms. The van der Waals surface area contributed by atoms with E-state index >= 15 is 0 Å². The first kappa shape index (κ1) is 22.1. The van der Waals surface area contributed by atoms with Crippen molar-refractivity contribution in [2.45, 2.75) is 26.3 Å². The van der Waals surface area contributed by atoms with Gasteiger partial charge in [0.15, 0.2) is 0 Å². The smallest absolute Gasteiger partial charge is 0.253 e. The zero-order valence-corrected chi connectivity index (χ0v) is 16.8. The van der Waals surface area contributed by atoms with Gasteiger partial charge in [-0.2, -0.15) is 0 Å². The number of rotatable bonds is 9. The fraction of sp³-hybridized carbons (Fsp3) is 0.318. The quantitative estimate of drug-likeness (QED) is 0.517. The SMILES string of the molecule is CC(C)[C@H](N)C(=O)NCC(=O)Nc1ccccc1C(=O)NCCc1ccccc1. The van der Waals surface area contributed by atoms with Crippen LogP contribution in [0, 0.1) is 5.92 Å². The van der Waals surface area contributed by atoms with Gasteiger partial charge in [-0.15, -0.1) is 0 Å². The molecule has 0 spiro atoms. The predicted molar refractivity (Wildman–Crippen MR) is 113 cm³/mol. The number of hydrogen-bond acceptors (Lipinski definition) is 4. The molecule has 0 unspecified atom stereocenters. The molecule has 0 saturated heterocycles. The molecule has 154 valence electrons. The third-order valence-electron chi connectivity index (χ3n) is 4.43. The topological polar surface area (TPSA) is 113 Å². The highest BCUT2D eigenvalue weighted by molar-refractivity contribution is 6.04. The summed E-state index contributed by atoms with van der Waals surface area (Å²) in [5.74, 6) is -1.12. The minimum atomic E-state index is -0.675. The second-order valence-electron chi connectivity index (χ2n) is 7.07. The van der Waals surface area contributed by atoms with Crippen LogP contribution in [0.4, 0.5) is 5.69 Å². The standard InChI is InChI=1S/C22H28N4O3/c1-15(2)20(23)22(29)25-14-19(27)26-18-11-7-6-10-17(18)21(28)24-13-12-16-8-4-3-5-9-16/h3-11,15,20H,12-14,23H2,1-2H3,(H,24,28)(H,25,29)(H,26,27)/t20-/m0/s1. The Morgan fingerprint density at radius 1 is 0.931 bits per heavy atom. The van der Waals surface area contributed by atoms with Gasteiger partial charge in [0.1, 0.15) is 0 Å². The number of carbonyl (C=O) groups excluding carboxylic acids is 3. The van der Waals surface area contributed by atoms with Gasteiger partial charge in [0.25, 0.3) is 5.91 Å². The van der Waals surface area contributed by atoms with Crippen LogP contribution in [0.25, 0.3) is 0 Å². The molecule has 0 radical (unpaired) electrons. The minimum Gasteiger partial charge on any atom is -0.352 e. The number of carbonyl (C=O) groups is 3. The Hall–Kier alpha value is -3.19. The molecule has 1 atom stereocenters. The van der Waals surface area contributed by atoms with Gasteiger partial charge in [-0.1, -0.05) is 56.3 Å². The summed E-state index contributed by atoms with van der Waals surface area (Å²) in [6.07, 6.45) is 0.712. The number of nitrogens with two attached hydrogens (primary N) is 1. The Labute approximate surface area is 171 Å². The largest absolute Gasteiger partial charge is 0.352 e. The Bertz CT molecular complexity index is 837. The van der Waals surface area contributed by atoms with Crippen molar-refractivity contribution in [3.63, 3.8) is 0 Å². The van der Waals surface area contributed by atoms with E-state index in [0.29, 0.717) is 24.2 Å². The summed E-state index contributed by atoms with van der Waals surface area (Å²) in [7, 11) is 0. The van der Waals surface area contributed by atoms with E-state index in [-0.39, 0.29) is 24.3 Å². The highest BCUT2D eigenvalue weighted by Gasteiger charge is 2.18. The molecule has 2 rings (SSSR count). The normalized spacial score (nSPS) is 11.6. The van der Waals surface area contributed by atoms with Crippen molar-refractivity contribution in [3.8, 4) is 0 Å². The van der Waals surface area contributed by atoms with Gasteiger partial charge in [0.2, 0.25) is 11.8 Å². The van der Waals surface area contributed by atoms with Crippen molar-refractivity contribution < 1.29 is 14.4 Å². The van der Waals surface area contributed by atoms with E-state index in [4.69, 9.17) is 5.73 Å². The number of hydrogen-bond donors (Lipinski definition) is 4. The van der Waals surface area contributed by atoms with Crippen molar-refractivity contribution in [1.82, 2.24) is 10.6 Å². The molecule has 0 aliphatic rings. The average molecular weight is 396 g/mol. The van der Waals surface area contributed by atoms with Gasteiger partial charge in [0, 0.05) is 6.54 Å². The molecule has 0 aliphatic heterocycles. The summed E-state index contributed by atoms with van der Waals surface area (Å²) in [4.78, 5) is 36.6. The molecule has 0 bridgehead atoms. The van der Waals surface area contributed by atoms with E-state index in [2.05, 4.69) is 16.0 Å². The number of benzene rings is 2.